The Morgan fingerprint density at radius 2 is 2.08 bits per heavy atom. The second-order valence-corrected chi connectivity index (χ2v) is 7.19. The fraction of sp³-hybridized carbons (Fsp3) is 0.333. The summed E-state index contributed by atoms with van der Waals surface area (Å²) in [5.41, 5.74) is -0.288. The number of benzene rings is 1. The predicted octanol–water partition coefficient (Wildman–Crippen LogP) is 1.61. The number of nitro benzene ring substituents is 1. The number of hydrogen-bond donors (Lipinski definition) is 0. The first-order chi connectivity index (χ1) is 12.2. The number of rotatable bonds is 6. The topological polar surface area (TPSA) is 133 Å². The molecule has 0 aromatic heterocycles. The van der Waals surface area contributed by atoms with Crippen molar-refractivity contribution >= 4 is 27.8 Å². The first kappa shape index (κ1) is 19.4. The van der Waals surface area contributed by atoms with Gasteiger partial charge in [0.25, 0.3) is 15.7 Å². The average molecular weight is 384 g/mol. The monoisotopic (exact) mass is 384 g/mol. The van der Waals surface area contributed by atoms with Gasteiger partial charge in [0.05, 0.1) is 29.4 Å². The highest BCUT2D eigenvalue weighted by molar-refractivity contribution is 7.89. The minimum atomic E-state index is -4.32. The Bertz CT molecular complexity index is 834. The van der Waals surface area contributed by atoms with E-state index in [0.29, 0.717) is 4.31 Å². The lowest BCUT2D eigenvalue weighted by Gasteiger charge is -2.36. The third-order valence-corrected chi connectivity index (χ3v) is 5.56. The number of ether oxygens (including phenoxy) is 2. The first-order valence-electron chi connectivity index (χ1n) is 7.39. The van der Waals surface area contributed by atoms with E-state index in [0.717, 1.165) is 24.3 Å². The van der Waals surface area contributed by atoms with Gasteiger partial charge in [0.1, 0.15) is 6.10 Å². The highest BCUT2D eigenvalue weighted by Crippen LogP contribution is 2.29. The number of hydrogen-bond acceptors (Lipinski definition) is 8. The maximum atomic E-state index is 12.7. The van der Waals surface area contributed by atoms with Crippen molar-refractivity contribution in [2.24, 2.45) is 0 Å². The van der Waals surface area contributed by atoms with Gasteiger partial charge in [-0.2, -0.15) is 4.31 Å². The number of nitro groups is 1. The van der Waals surface area contributed by atoms with Gasteiger partial charge in [-0.25, -0.2) is 13.2 Å². The first-order valence-corrected chi connectivity index (χ1v) is 8.83. The largest absolute Gasteiger partial charge is 0.469 e. The molecule has 1 amide bonds. The number of carbonyl (C=O) groups excluding carboxylic acids is 2. The summed E-state index contributed by atoms with van der Waals surface area (Å²) < 4.78 is 35.5. The van der Waals surface area contributed by atoms with E-state index in [4.69, 9.17) is 4.74 Å². The third-order valence-electron chi connectivity index (χ3n) is 3.75. The highest BCUT2D eigenvalue weighted by Gasteiger charge is 2.42. The summed E-state index contributed by atoms with van der Waals surface area (Å²) in [6.07, 6.45) is -0.933. The summed E-state index contributed by atoms with van der Waals surface area (Å²) in [4.78, 5) is 33.3. The van der Waals surface area contributed by atoms with Crippen molar-refractivity contribution in [3.05, 3.63) is 47.0 Å². The number of nitrogens with zero attached hydrogens (tertiary/aromatic N) is 2. The minimum absolute atomic E-state index is 0.0244. The van der Waals surface area contributed by atoms with Gasteiger partial charge in [-0.05, 0) is 12.1 Å². The molecular weight excluding hydrogens is 368 g/mol. The van der Waals surface area contributed by atoms with Crippen LogP contribution in [0.15, 0.2) is 41.8 Å². The van der Waals surface area contributed by atoms with Crippen LogP contribution in [0.4, 0.5) is 10.5 Å². The Labute approximate surface area is 149 Å². The smallest absolute Gasteiger partial charge is 0.424 e. The Morgan fingerprint density at radius 1 is 1.46 bits per heavy atom. The molecule has 26 heavy (non-hydrogen) atoms. The van der Waals surface area contributed by atoms with Crippen molar-refractivity contribution in [1.29, 1.82) is 0 Å². The Kier molecular flexibility index (Phi) is 5.60. The molecular formula is C15H16N2O8S. The molecule has 10 nitrogen and oxygen atoms in total. The molecule has 0 radical (unpaired) electrons. The maximum Gasteiger partial charge on any atom is 0.424 e. The quantitative estimate of drug-likeness (QED) is 0.313. The molecule has 0 spiro atoms. The fourth-order valence-electron chi connectivity index (χ4n) is 2.46. The Balaban J connectivity index is 2.30. The summed E-state index contributed by atoms with van der Waals surface area (Å²) in [5.74, 6) is -0.600. The second-order valence-electron chi connectivity index (χ2n) is 5.38. The van der Waals surface area contributed by atoms with E-state index >= 15 is 0 Å². The molecule has 1 aromatic rings. The van der Waals surface area contributed by atoms with Crippen LogP contribution < -0.4 is 0 Å². The number of esters is 1. The zero-order chi connectivity index (χ0) is 19.5. The second kappa shape index (κ2) is 7.52. The fourth-order valence-corrected chi connectivity index (χ4v) is 3.93. The van der Waals surface area contributed by atoms with Crippen molar-refractivity contribution < 1.29 is 32.4 Å². The molecule has 1 aliphatic rings. The maximum absolute atomic E-state index is 12.7. The van der Waals surface area contributed by atoms with E-state index in [9.17, 15) is 28.1 Å². The molecule has 1 heterocycles. The van der Waals surface area contributed by atoms with Gasteiger partial charge < -0.3 is 9.47 Å². The molecule has 1 aliphatic heterocycles. The van der Waals surface area contributed by atoms with Crippen LogP contribution in [0.25, 0.3) is 0 Å². The van der Waals surface area contributed by atoms with E-state index in [1.54, 1.807) is 0 Å². The number of amides is 1. The lowest BCUT2D eigenvalue weighted by Crippen LogP contribution is -2.51. The number of non-ortho nitro benzene ring substituents is 1. The van der Waals surface area contributed by atoms with Crippen LogP contribution in [0.5, 0.6) is 0 Å². The van der Waals surface area contributed by atoms with E-state index in [-0.39, 0.29) is 23.4 Å². The number of methoxy groups -OCH3 is 1. The molecule has 1 fully saturated rings. The summed E-state index contributed by atoms with van der Waals surface area (Å²) in [7, 11) is -3.14. The summed E-state index contributed by atoms with van der Waals surface area (Å²) >= 11 is 0. The van der Waals surface area contributed by atoms with Crippen LogP contribution >= 0.6 is 0 Å². The zero-order valence-corrected chi connectivity index (χ0v) is 14.5. The molecule has 2 rings (SSSR count). The molecule has 0 bridgehead atoms. The van der Waals surface area contributed by atoms with Crippen molar-refractivity contribution in [1.82, 2.24) is 4.31 Å². The van der Waals surface area contributed by atoms with Gasteiger partial charge in [-0.15, -0.1) is 6.58 Å². The number of cyclic esters (lactones) is 1. The highest BCUT2D eigenvalue weighted by atomic mass is 32.2. The normalized spacial score (nSPS) is 20.2. The van der Waals surface area contributed by atoms with Gasteiger partial charge in [0, 0.05) is 18.6 Å². The van der Waals surface area contributed by atoms with Crippen LogP contribution in [0, 0.1) is 10.1 Å². The van der Waals surface area contributed by atoms with Gasteiger partial charge in [-0.1, -0.05) is 6.08 Å². The molecule has 0 aliphatic carbocycles. The summed E-state index contributed by atoms with van der Waals surface area (Å²) in [6, 6.07) is 3.16. The zero-order valence-electron chi connectivity index (χ0n) is 13.7. The molecule has 1 aromatic carbocycles. The van der Waals surface area contributed by atoms with Gasteiger partial charge in [0.2, 0.25) is 0 Å². The lowest BCUT2D eigenvalue weighted by molar-refractivity contribution is -0.384. The lowest BCUT2D eigenvalue weighted by atomic mass is 10.1. The van der Waals surface area contributed by atoms with Gasteiger partial charge >= 0.3 is 12.1 Å². The summed E-state index contributed by atoms with van der Waals surface area (Å²) in [5, 5.41) is 10.7. The standard InChI is InChI=1S/C15H16N2O8S/c1-3-10-8-12(9-14(18)24-2)25-15(19)16(10)26(22,23)13-6-4-11(5-7-13)17(20)21/h3-7,10,12H,1,8-9H2,2H3/t10-,12-/m1/s1. The van der Waals surface area contributed by atoms with Crippen molar-refractivity contribution in [3.63, 3.8) is 0 Å². The Morgan fingerprint density at radius 3 is 2.58 bits per heavy atom. The molecule has 11 heteroatoms. The van der Waals surface area contributed by atoms with Crippen LogP contribution in [0.1, 0.15) is 12.8 Å². The van der Waals surface area contributed by atoms with Crippen molar-refractivity contribution in [2.45, 2.75) is 29.9 Å². The molecule has 0 unspecified atom stereocenters. The van der Waals surface area contributed by atoms with Crippen molar-refractivity contribution in [3.8, 4) is 0 Å². The number of carbonyl (C=O) groups is 2. The van der Waals surface area contributed by atoms with Crippen LogP contribution in [-0.2, 0) is 24.3 Å². The van der Waals surface area contributed by atoms with Crippen molar-refractivity contribution in [2.75, 3.05) is 7.11 Å². The van der Waals surface area contributed by atoms with Crippen LogP contribution in [-0.4, -0.2) is 49.0 Å². The van der Waals surface area contributed by atoms with E-state index in [2.05, 4.69) is 11.3 Å². The predicted molar refractivity (Wildman–Crippen MR) is 87.6 cm³/mol. The van der Waals surface area contributed by atoms with E-state index in [1.807, 2.05) is 0 Å². The average Bonchev–Trinajstić information content (AvgIpc) is 2.60. The summed E-state index contributed by atoms with van der Waals surface area (Å²) in [6.45, 7) is 3.53. The minimum Gasteiger partial charge on any atom is -0.469 e. The Hall–Kier alpha value is -2.95. The molecule has 0 N–H and O–H groups in total. The van der Waals surface area contributed by atoms with Crippen LogP contribution in [0.2, 0.25) is 0 Å². The molecule has 140 valence electrons. The van der Waals surface area contributed by atoms with Gasteiger partial charge in [0.15, 0.2) is 0 Å². The van der Waals surface area contributed by atoms with Gasteiger partial charge in [-0.3, -0.25) is 14.9 Å². The van der Waals surface area contributed by atoms with E-state index in [1.165, 1.54) is 13.2 Å². The van der Waals surface area contributed by atoms with Crippen LogP contribution in [0.3, 0.4) is 0 Å². The SMILES string of the molecule is C=C[C@@H]1C[C@H](CC(=O)OC)OC(=O)N1S(=O)(=O)c1ccc([N+](=O)[O-])cc1. The third kappa shape index (κ3) is 3.82. The molecule has 2 atom stereocenters. The molecule has 0 saturated carbocycles. The molecule has 1 saturated heterocycles. The van der Waals surface area contributed by atoms with E-state index < -0.39 is 39.2 Å². The number of sulfonamides is 1.